The minimum atomic E-state index is -0.108. The van der Waals surface area contributed by atoms with E-state index < -0.39 is 0 Å². The lowest BCUT2D eigenvalue weighted by molar-refractivity contribution is 1.02. The lowest BCUT2D eigenvalue weighted by Gasteiger charge is -2.06. The van der Waals surface area contributed by atoms with Gasteiger partial charge < -0.3 is 4.98 Å². The minimum Gasteiger partial charge on any atom is -0.311 e. The van der Waals surface area contributed by atoms with Gasteiger partial charge in [-0.3, -0.25) is 4.79 Å². The van der Waals surface area contributed by atoms with E-state index in [1.807, 2.05) is 19.9 Å². The van der Waals surface area contributed by atoms with Crippen molar-refractivity contribution in [2.45, 2.75) is 20.8 Å². The molecule has 0 amide bonds. The molecule has 0 saturated carbocycles. The molecule has 16 heavy (non-hydrogen) atoms. The Labute approximate surface area is 94.2 Å². The van der Waals surface area contributed by atoms with Gasteiger partial charge in [0.25, 0.3) is 5.56 Å². The van der Waals surface area contributed by atoms with Crippen molar-refractivity contribution >= 4 is 0 Å². The van der Waals surface area contributed by atoms with Crippen molar-refractivity contribution in [3.05, 3.63) is 51.6 Å². The Morgan fingerprint density at radius 2 is 1.88 bits per heavy atom. The minimum absolute atomic E-state index is 0.108. The standard InChI is InChI=1S/C13H14N2O/c1-8-4-5-9(2)11(6-8)12-7-13(16)15-10(3)14-12/h4-7H,1-3H3,(H,14,15,16). The average Bonchev–Trinajstić information content (AvgIpc) is 2.20. The van der Waals surface area contributed by atoms with Crippen LogP contribution in [0, 0.1) is 20.8 Å². The second-order valence-corrected chi connectivity index (χ2v) is 4.03. The monoisotopic (exact) mass is 214 g/mol. The first-order chi connectivity index (χ1) is 7.56. The SMILES string of the molecule is Cc1ccc(C)c(-c2cc(=O)[nH]c(C)n2)c1. The number of aryl methyl sites for hydroxylation is 3. The topological polar surface area (TPSA) is 45.8 Å². The normalized spacial score (nSPS) is 10.4. The van der Waals surface area contributed by atoms with Crippen molar-refractivity contribution in [1.29, 1.82) is 0 Å². The number of aromatic amines is 1. The predicted molar refractivity (Wildman–Crippen MR) is 64.5 cm³/mol. The first-order valence-electron chi connectivity index (χ1n) is 5.22. The molecule has 0 atom stereocenters. The second kappa shape index (κ2) is 3.93. The van der Waals surface area contributed by atoms with Gasteiger partial charge in [-0.05, 0) is 32.4 Å². The van der Waals surface area contributed by atoms with Crippen LogP contribution < -0.4 is 5.56 Å². The molecule has 82 valence electrons. The maximum Gasteiger partial charge on any atom is 0.251 e. The van der Waals surface area contributed by atoms with E-state index in [0.29, 0.717) is 5.82 Å². The molecule has 2 aromatic rings. The van der Waals surface area contributed by atoms with Gasteiger partial charge in [-0.2, -0.15) is 0 Å². The fraction of sp³-hybridized carbons (Fsp3) is 0.231. The highest BCUT2D eigenvalue weighted by atomic mass is 16.1. The van der Waals surface area contributed by atoms with Gasteiger partial charge in [-0.25, -0.2) is 4.98 Å². The van der Waals surface area contributed by atoms with Crippen LogP contribution in [-0.4, -0.2) is 9.97 Å². The molecule has 0 radical (unpaired) electrons. The molecule has 0 spiro atoms. The quantitative estimate of drug-likeness (QED) is 0.792. The third-order valence-corrected chi connectivity index (χ3v) is 2.53. The summed E-state index contributed by atoms with van der Waals surface area (Å²) in [6.45, 7) is 5.84. The maximum absolute atomic E-state index is 11.4. The highest BCUT2D eigenvalue weighted by molar-refractivity contribution is 5.63. The largest absolute Gasteiger partial charge is 0.311 e. The Morgan fingerprint density at radius 1 is 1.12 bits per heavy atom. The highest BCUT2D eigenvalue weighted by Gasteiger charge is 2.05. The molecule has 1 N–H and O–H groups in total. The molecule has 1 heterocycles. The van der Waals surface area contributed by atoms with Crippen LogP contribution in [0.1, 0.15) is 17.0 Å². The van der Waals surface area contributed by atoms with Crippen molar-refractivity contribution in [3.8, 4) is 11.3 Å². The van der Waals surface area contributed by atoms with Crippen LogP contribution in [0.15, 0.2) is 29.1 Å². The number of hydrogen-bond donors (Lipinski definition) is 1. The Kier molecular flexibility index (Phi) is 2.60. The van der Waals surface area contributed by atoms with E-state index in [1.54, 1.807) is 6.92 Å². The summed E-state index contributed by atoms with van der Waals surface area (Å²) < 4.78 is 0. The molecule has 3 nitrogen and oxygen atoms in total. The van der Waals surface area contributed by atoms with Gasteiger partial charge >= 0.3 is 0 Å². The number of nitrogens with zero attached hydrogens (tertiary/aromatic N) is 1. The summed E-state index contributed by atoms with van der Waals surface area (Å²) in [5.41, 5.74) is 3.95. The fourth-order valence-corrected chi connectivity index (χ4v) is 1.73. The maximum atomic E-state index is 11.4. The van der Waals surface area contributed by atoms with Crippen molar-refractivity contribution < 1.29 is 0 Å². The molecular weight excluding hydrogens is 200 g/mol. The summed E-state index contributed by atoms with van der Waals surface area (Å²) in [6.07, 6.45) is 0. The third-order valence-electron chi connectivity index (χ3n) is 2.53. The molecule has 0 aliphatic rings. The number of H-pyrrole nitrogens is 1. The summed E-state index contributed by atoms with van der Waals surface area (Å²) in [4.78, 5) is 18.4. The molecule has 0 bridgehead atoms. The van der Waals surface area contributed by atoms with Gasteiger partial charge in [-0.1, -0.05) is 17.7 Å². The molecule has 3 heteroatoms. The zero-order valence-electron chi connectivity index (χ0n) is 9.66. The Balaban J connectivity index is 2.66. The second-order valence-electron chi connectivity index (χ2n) is 4.03. The molecule has 2 rings (SSSR count). The first kappa shape index (κ1) is 10.6. The van der Waals surface area contributed by atoms with E-state index in [4.69, 9.17) is 0 Å². The molecule has 1 aromatic carbocycles. The molecule has 0 unspecified atom stereocenters. The summed E-state index contributed by atoms with van der Waals surface area (Å²) in [5, 5.41) is 0. The van der Waals surface area contributed by atoms with Crippen LogP contribution in [0.3, 0.4) is 0 Å². The van der Waals surface area contributed by atoms with Crippen molar-refractivity contribution in [2.24, 2.45) is 0 Å². The van der Waals surface area contributed by atoms with Crippen LogP contribution in [0.25, 0.3) is 11.3 Å². The molecule has 0 fully saturated rings. The van der Waals surface area contributed by atoms with E-state index in [9.17, 15) is 4.79 Å². The number of aromatic nitrogens is 2. The Hall–Kier alpha value is -1.90. The lowest BCUT2D eigenvalue weighted by atomic mass is 10.0. The molecular formula is C13H14N2O. The number of benzene rings is 1. The first-order valence-corrected chi connectivity index (χ1v) is 5.22. The van der Waals surface area contributed by atoms with Crippen molar-refractivity contribution in [1.82, 2.24) is 9.97 Å². The Morgan fingerprint density at radius 3 is 2.56 bits per heavy atom. The van der Waals surface area contributed by atoms with Crippen molar-refractivity contribution in [3.63, 3.8) is 0 Å². The smallest absolute Gasteiger partial charge is 0.251 e. The molecule has 0 saturated heterocycles. The van der Waals surface area contributed by atoms with Gasteiger partial charge in [0, 0.05) is 11.6 Å². The van der Waals surface area contributed by atoms with E-state index >= 15 is 0 Å². The average molecular weight is 214 g/mol. The zero-order chi connectivity index (χ0) is 11.7. The number of hydrogen-bond acceptors (Lipinski definition) is 2. The molecule has 0 aliphatic heterocycles. The fourth-order valence-electron chi connectivity index (χ4n) is 1.73. The number of rotatable bonds is 1. The van der Waals surface area contributed by atoms with Gasteiger partial charge in [-0.15, -0.1) is 0 Å². The van der Waals surface area contributed by atoms with Gasteiger partial charge in [0.05, 0.1) is 5.69 Å². The summed E-state index contributed by atoms with van der Waals surface area (Å²) in [5.74, 6) is 0.642. The van der Waals surface area contributed by atoms with Gasteiger partial charge in [0.15, 0.2) is 0 Å². The van der Waals surface area contributed by atoms with Crippen LogP contribution in [0.2, 0.25) is 0 Å². The van der Waals surface area contributed by atoms with E-state index in [2.05, 4.69) is 22.1 Å². The van der Waals surface area contributed by atoms with Crippen LogP contribution in [-0.2, 0) is 0 Å². The van der Waals surface area contributed by atoms with Crippen molar-refractivity contribution in [2.75, 3.05) is 0 Å². The lowest BCUT2D eigenvalue weighted by Crippen LogP contribution is -2.08. The Bertz CT molecular complexity index is 585. The summed E-state index contributed by atoms with van der Waals surface area (Å²) in [6, 6.07) is 7.69. The molecule has 0 aliphatic carbocycles. The van der Waals surface area contributed by atoms with Crippen LogP contribution >= 0.6 is 0 Å². The number of nitrogens with one attached hydrogen (secondary N) is 1. The van der Waals surface area contributed by atoms with Crippen LogP contribution in [0.4, 0.5) is 0 Å². The predicted octanol–water partition coefficient (Wildman–Crippen LogP) is 2.36. The van der Waals surface area contributed by atoms with Crippen LogP contribution in [0.5, 0.6) is 0 Å². The van der Waals surface area contributed by atoms with Gasteiger partial charge in [0.2, 0.25) is 0 Å². The summed E-state index contributed by atoms with van der Waals surface area (Å²) >= 11 is 0. The summed E-state index contributed by atoms with van der Waals surface area (Å²) in [7, 11) is 0. The zero-order valence-corrected chi connectivity index (χ0v) is 9.66. The van der Waals surface area contributed by atoms with E-state index in [0.717, 1.165) is 16.8 Å². The van der Waals surface area contributed by atoms with E-state index in [1.165, 1.54) is 11.6 Å². The van der Waals surface area contributed by atoms with E-state index in [-0.39, 0.29) is 5.56 Å². The van der Waals surface area contributed by atoms with Gasteiger partial charge in [0.1, 0.15) is 5.82 Å². The molecule has 1 aromatic heterocycles. The highest BCUT2D eigenvalue weighted by Crippen LogP contribution is 2.21. The third kappa shape index (κ3) is 2.03.